The SMILES string of the molecule is CCCCOc1c2c(cc3ccccc13)C1=Nc3c4c(OCCCC)c5ccccc5cc4c4n3[Si](OCCCC)(OCCCC)n3c(c5cc6ccccc6c(OCCCC)c5c3=Nc3[nH]c(c5c(OCCCC)c6ccccc6cc35)N4)=NC2=N1. The zero-order valence-corrected chi connectivity index (χ0v) is 51.9. The molecule has 6 bridgehead atoms. The van der Waals surface area contributed by atoms with E-state index in [-0.39, 0.29) is 0 Å². The van der Waals surface area contributed by atoms with Gasteiger partial charge in [0.2, 0.25) is 0 Å². The molecule has 0 saturated carbocycles. The van der Waals surface area contributed by atoms with Crippen LogP contribution in [0.4, 0.5) is 23.3 Å². The number of aromatic amines is 1. The fraction of sp³-hybridized carbons (Fsp3) is 0.333. The molecule has 0 atom stereocenters. The van der Waals surface area contributed by atoms with Crippen LogP contribution < -0.4 is 35.2 Å². The Bertz CT molecular complexity index is 4680. The lowest BCUT2D eigenvalue weighted by molar-refractivity contribution is 0.144. The van der Waals surface area contributed by atoms with Gasteiger partial charge in [-0.15, -0.1) is 0 Å². The molecule has 3 aliphatic heterocycles. The number of rotatable bonds is 24. The van der Waals surface area contributed by atoms with Gasteiger partial charge in [-0.2, -0.15) is 0 Å². The summed E-state index contributed by atoms with van der Waals surface area (Å²) in [4.78, 5) is 27.8. The molecule has 444 valence electrons. The van der Waals surface area contributed by atoms with Crippen LogP contribution >= 0.6 is 0 Å². The van der Waals surface area contributed by atoms with Crippen molar-refractivity contribution < 1.29 is 27.8 Å². The number of amidine groups is 2. The molecule has 8 aromatic carbocycles. The third kappa shape index (κ3) is 9.51. The van der Waals surface area contributed by atoms with E-state index in [4.69, 9.17) is 47.8 Å². The van der Waals surface area contributed by atoms with Gasteiger partial charge in [0, 0.05) is 56.5 Å². The van der Waals surface area contributed by atoms with Gasteiger partial charge < -0.3 is 38.1 Å². The van der Waals surface area contributed by atoms with Crippen LogP contribution in [0.3, 0.4) is 0 Å². The average molecular weight is 1180 g/mol. The topological polar surface area (TPSA) is 142 Å². The fourth-order valence-corrected chi connectivity index (χ4v) is 16.1. The summed E-state index contributed by atoms with van der Waals surface area (Å²) >= 11 is 0. The molecule has 0 aliphatic carbocycles. The van der Waals surface area contributed by atoms with Crippen LogP contribution in [0, 0.1) is 0 Å². The lowest BCUT2D eigenvalue weighted by atomic mass is 9.99. The van der Waals surface area contributed by atoms with Crippen molar-refractivity contribution in [2.45, 2.75) is 119 Å². The lowest BCUT2D eigenvalue weighted by Crippen LogP contribution is -2.64. The zero-order chi connectivity index (χ0) is 59.2. The molecule has 15 heteroatoms. The summed E-state index contributed by atoms with van der Waals surface area (Å²) in [5.74, 6) is 6.46. The Morgan fingerprint density at radius 3 is 1.41 bits per heavy atom. The first-order chi connectivity index (χ1) is 42.9. The molecule has 0 saturated heterocycles. The minimum atomic E-state index is -4.54. The number of unbranched alkanes of at least 4 members (excludes halogenated alkanes) is 6. The second kappa shape index (κ2) is 24.0. The largest absolute Gasteiger partial charge is 0.603 e. The number of aliphatic imine (C=N–C) groups is 2. The maximum absolute atomic E-state index is 8.07. The first-order valence-corrected chi connectivity index (χ1v) is 33.7. The number of H-pyrrole nitrogens is 1. The molecule has 0 spiro atoms. The normalized spacial score (nSPS) is 13.9. The smallest absolute Gasteiger partial charge is 0.492 e. The standard InChI is InChI=1S/C72H76N8O6Si/c1-7-13-35-81-61-49-31-23-19-27-45(49)41-53-57(61)67-73-65(53)75-71-60-56(44-48-30-22-26-34-52(48)64(60)84-38-16-10-4)70-78-68-58-54(42-46-28-20-24-32-50(46)62(58)82-36-14-8-2)66(74-68)76-72-59-55(43-47-29-21-25-33-51(47)63(59)83-37-15-9-3)69(77-67)79(72)87(80(70)71,85-39-17-11-5)86-40-18-12-6/h19-34,41-44,73,77H,7-18,35-40H2,1-6H3. The summed E-state index contributed by atoms with van der Waals surface area (Å²) in [6, 6.07) is 42.9. The predicted molar refractivity (Wildman–Crippen MR) is 357 cm³/mol. The first kappa shape index (κ1) is 56.3. The van der Waals surface area contributed by atoms with Crippen LogP contribution in [-0.2, 0) is 8.85 Å². The predicted octanol–water partition coefficient (Wildman–Crippen LogP) is 17.4. The van der Waals surface area contributed by atoms with E-state index in [0.29, 0.717) is 91.3 Å². The quantitative estimate of drug-likeness (QED) is 0.0453. The highest BCUT2D eigenvalue weighted by Gasteiger charge is 2.53. The van der Waals surface area contributed by atoms with Crippen molar-refractivity contribution in [3.05, 3.63) is 143 Å². The number of ether oxygens (including phenoxy) is 4. The minimum absolute atomic E-state index is 0.351. The van der Waals surface area contributed by atoms with Gasteiger partial charge in [0.15, 0.2) is 11.7 Å². The van der Waals surface area contributed by atoms with Crippen LogP contribution in [-0.4, -0.2) is 73.6 Å². The van der Waals surface area contributed by atoms with E-state index in [9.17, 15) is 0 Å². The van der Waals surface area contributed by atoms with Gasteiger partial charge in [0.25, 0.3) is 0 Å². The molecule has 0 unspecified atom stereocenters. The molecule has 0 amide bonds. The molecule has 14 nitrogen and oxygen atoms in total. The Morgan fingerprint density at radius 1 is 0.402 bits per heavy atom. The molecule has 0 radical (unpaired) electrons. The highest BCUT2D eigenvalue weighted by atomic mass is 28.4. The van der Waals surface area contributed by atoms with E-state index in [2.05, 4.69) is 182 Å². The van der Waals surface area contributed by atoms with Gasteiger partial charge in [-0.25, -0.2) is 20.0 Å². The summed E-state index contributed by atoms with van der Waals surface area (Å²) in [6.07, 6.45) is 10.5. The second-order valence-electron chi connectivity index (χ2n) is 23.2. The van der Waals surface area contributed by atoms with Crippen molar-refractivity contribution in [3.63, 3.8) is 0 Å². The van der Waals surface area contributed by atoms with Crippen LogP contribution in [0.25, 0.3) is 75.4 Å². The zero-order valence-electron chi connectivity index (χ0n) is 50.9. The molecule has 14 rings (SSSR count). The Morgan fingerprint density at radius 2 is 0.862 bits per heavy atom. The number of anilines is 2. The molecule has 6 heterocycles. The molecule has 87 heavy (non-hydrogen) atoms. The Kier molecular flexibility index (Phi) is 15.5. The summed E-state index contributed by atoms with van der Waals surface area (Å²) in [7, 11) is -4.54. The third-order valence-electron chi connectivity index (χ3n) is 17.2. The summed E-state index contributed by atoms with van der Waals surface area (Å²) in [6.45, 7) is 15.9. The number of hydrogen-bond acceptors (Lipinski definition) is 11. The maximum atomic E-state index is 8.07. The number of nitrogens with zero attached hydrogens (tertiary/aromatic N) is 6. The fourth-order valence-electron chi connectivity index (χ4n) is 12.8. The number of aromatic nitrogens is 3. The van der Waals surface area contributed by atoms with Gasteiger partial charge in [-0.1, -0.05) is 177 Å². The van der Waals surface area contributed by atoms with Crippen molar-refractivity contribution in [1.29, 1.82) is 0 Å². The van der Waals surface area contributed by atoms with E-state index in [1.54, 1.807) is 0 Å². The van der Waals surface area contributed by atoms with Crippen molar-refractivity contribution in [3.8, 4) is 23.0 Å². The van der Waals surface area contributed by atoms with E-state index >= 15 is 0 Å². The summed E-state index contributed by atoms with van der Waals surface area (Å²) < 4.78 is 49.4. The van der Waals surface area contributed by atoms with Gasteiger partial charge in [-0.05, 0) is 84.3 Å². The van der Waals surface area contributed by atoms with Gasteiger partial charge in [0.05, 0.1) is 48.1 Å². The molecule has 11 aromatic rings. The highest BCUT2D eigenvalue weighted by molar-refractivity contribution is 6.66. The van der Waals surface area contributed by atoms with E-state index < -0.39 is 8.88 Å². The lowest BCUT2D eigenvalue weighted by Gasteiger charge is -2.34. The molecule has 3 aromatic heterocycles. The summed E-state index contributed by atoms with van der Waals surface area (Å²) in [5.41, 5.74) is 2.72. The molecule has 0 fully saturated rings. The number of fused-ring (bicyclic) bond motifs is 19. The van der Waals surface area contributed by atoms with Crippen molar-refractivity contribution in [2.24, 2.45) is 20.0 Å². The summed E-state index contributed by atoms with van der Waals surface area (Å²) in [5, 5.41) is 17.1. The minimum Gasteiger partial charge on any atom is -0.492 e. The second-order valence-corrected chi connectivity index (χ2v) is 25.8. The maximum Gasteiger partial charge on any atom is 0.603 e. The third-order valence-corrected chi connectivity index (χ3v) is 20.4. The van der Waals surface area contributed by atoms with Crippen molar-refractivity contribution in [1.82, 2.24) is 13.4 Å². The Hall–Kier alpha value is -8.50. The first-order valence-electron chi connectivity index (χ1n) is 31.9. The van der Waals surface area contributed by atoms with Crippen molar-refractivity contribution >= 4 is 119 Å². The van der Waals surface area contributed by atoms with E-state index in [1.165, 1.54) is 0 Å². The Balaban J connectivity index is 1.28. The van der Waals surface area contributed by atoms with Crippen LogP contribution in [0.5, 0.6) is 23.0 Å². The van der Waals surface area contributed by atoms with Crippen molar-refractivity contribution in [2.75, 3.05) is 45.0 Å². The number of nitrogens with one attached hydrogen (secondary N) is 2. The van der Waals surface area contributed by atoms with Gasteiger partial charge in [-0.3, -0.25) is 8.47 Å². The highest BCUT2D eigenvalue weighted by Crippen LogP contribution is 2.52. The molecular formula is C72H76N8O6Si. The molecular weight excluding hydrogens is 1100 g/mol. The molecule has 2 N–H and O–H groups in total. The van der Waals surface area contributed by atoms with Crippen LogP contribution in [0.2, 0.25) is 0 Å². The van der Waals surface area contributed by atoms with Gasteiger partial charge in [0.1, 0.15) is 57.2 Å². The monoisotopic (exact) mass is 1180 g/mol. The average Bonchev–Trinajstić information content (AvgIpc) is 1.54. The Labute approximate surface area is 507 Å². The van der Waals surface area contributed by atoms with E-state index in [1.807, 2.05) is 0 Å². The van der Waals surface area contributed by atoms with Gasteiger partial charge >= 0.3 is 8.88 Å². The van der Waals surface area contributed by atoms with Crippen LogP contribution in [0.15, 0.2) is 141 Å². The number of benzene rings is 8. The number of hydrogen-bond donors (Lipinski definition) is 2. The van der Waals surface area contributed by atoms with E-state index in [0.717, 1.165) is 181 Å². The molecule has 3 aliphatic rings. The van der Waals surface area contributed by atoms with Crippen LogP contribution in [0.1, 0.15) is 130 Å².